The lowest BCUT2D eigenvalue weighted by Crippen LogP contribution is -2.05. The zero-order valence-corrected chi connectivity index (χ0v) is 12.2. The van der Waals surface area contributed by atoms with Crippen LogP contribution in [0.4, 0.5) is 5.69 Å². The van der Waals surface area contributed by atoms with Gasteiger partial charge in [-0.1, -0.05) is 11.6 Å². The molecule has 0 saturated heterocycles. The Morgan fingerprint density at radius 2 is 2.11 bits per heavy atom. The largest absolute Gasteiger partial charge is 0.496 e. The van der Waals surface area contributed by atoms with Crippen LogP contribution in [0.3, 0.4) is 0 Å². The molecule has 1 unspecified atom stereocenters. The molecule has 2 rings (SSSR count). The molecule has 0 aliphatic heterocycles. The maximum absolute atomic E-state index is 5.95. The van der Waals surface area contributed by atoms with Crippen LogP contribution in [0.25, 0.3) is 0 Å². The number of nitrogens with one attached hydrogen (secondary N) is 1. The zero-order chi connectivity index (χ0) is 13.1. The summed E-state index contributed by atoms with van der Waals surface area (Å²) in [5.41, 5.74) is 3.42. The van der Waals surface area contributed by atoms with Crippen LogP contribution in [0.15, 0.2) is 29.6 Å². The number of benzene rings is 1. The van der Waals surface area contributed by atoms with Crippen LogP contribution >= 0.6 is 22.9 Å². The van der Waals surface area contributed by atoms with E-state index in [9.17, 15) is 0 Å². The SMILES string of the molecule is COc1ccc(NC(C)c2csc(Cl)c2)cc1C. The Hall–Kier alpha value is -1.19. The molecule has 96 valence electrons. The predicted molar refractivity (Wildman–Crippen MR) is 79.1 cm³/mol. The fourth-order valence-corrected chi connectivity index (χ4v) is 2.84. The van der Waals surface area contributed by atoms with E-state index in [2.05, 4.69) is 23.7 Å². The molecular weight excluding hydrogens is 266 g/mol. The second-order valence-corrected chi connectivity index (χ2v) is 5.78. The number of hydrogen-bond acceptors (Lipinski definition) is 3. The minimum Gasteiger partial charge on any atom is -0.496 e. The van der Waals surface area contributed by atoms with E-state index in [1.165, 1.54) is 5.56 Å². The van der Waals surface area contributed by atoms with Crippen molar-refractivity contribution < 1.29 is 4.74 Å². The van der Waals surface area contributed by atoms with Gasteiger partial charge in [-0.3, -0.25) is 0 Å². The first-order valence-electron chi connectivity index (χ1n) is 5.75. The Bertz CT molecular complexity index is 538. The summed E-state index contributed by atoms with van der Waals surface area (Å²) < 4.78 is 6.07. The van der Waals surface area contributed by atoms with E-state index in [0.29, 0.717) is 0 Å². The van der Waals surface area contributed by atoms with Gasteiger partial charge in [0.25, 0.3) is 0 Å². The van der Waals surface area contributed by atoms with E-state index in [0.717, 1.165) is 21.3 Å². The van der Waals surface area contributed by atoms with Crippen LogP contribution in [0, 0.1) is 6.92 Å². The Labute approximate surface area is 117 Å². The van der Waals surface area contributed by atoms with Crippen molar-refractivity contribution in [3.8, 4) is 5.75 Å². The fraction of sp³-hybridized carbons (Fsp3) is 0.286. The third kappa shape index (κ3) is 2.98. The number of hydrogen-bond donors (Lipinski definition) is 1. The van der Waals surface area contributed by atoms with Crippen LogP contribution in [0.5, 0.6) is 5.75 Å². The first kappa shape index (κ1) is 13.2. The molecular formula is C14H16ClNOS. The summed E-state index contributed by atoms with van der Waals surface area (Å²) in [6.45, 7) is 4.16. The summed E-state index contributed by atoms with van der Waals surface area (Å²) in [5.74, 6) is 0.909. The fourth-order valence-electron chi connectivity index (χ4n) is 1.85. The Morgan fingerprint density at radius 1 is 1.33 bits per heavy atom. The number of aryl methyl sites for hydroxylation is 1. The molecule has 2 nitrogen and oxygen atoms in total. The van der Waals surface area contributed by atoms with E-state index < -0.39 is 0 Å². The van der Waals surface area contributed by atoms with E-state index in [1.54, 1.807) is 18.4 Å². The molecule has 1 atom stereocenters. The van der Waals surface area contributed by atoms with Gasteiger partial charge < -0.3 is 10.1 Å². The molecule has 0 bridgehead atoms. The highest BCUT2D eigenvalue weighted by Crippen LogP contribution is 2.28. The Morgan fingerprint density at radius 3 is 2.67 bits per heavy atom. The van der Waals surface area contributed by atoms with E-state index >= 15 is 0 Å². The summed E-state index contributed by atoms with van der Waals surface area (Å²) in [7, 11) is 1.69. The number of anilines is 1. The molecule has 0 radical (unpaired) electrons. The first-order valence-corrected chi connectivity index (χ1v) is 7.01. The number of thiophene rings is 1. The standard InChI is InChI=1S/C14H16ClNOS/c1-9-6-12(4-5-13(9)17-3)16-10(2)11-7-14(15)18-8-11/h4-8,10,16H,1-3H3. The van der Waals surface area contributed by atoms with E-state index in [1.807, 2.05) is 25.1 Å². The molecule has 1 aromatic carbocycles. The average molecular weight is 282 g/mol. The van der Waals surface area contributed by atoms with Crippen LogP contribution in [-0.2, 0) is 0 Å². The van der Waals surface area contributed by atoms with Crippen molar-refractivity contribution in [1.29, 1.82) is 0 Å². The second kappa shape index (κ2) is 5.63. The highest BCUT2D eigenvalue weighted by molar-refractivity contribution is 7.14. The molecule has 0 aliphatic rings. The monoisotopic (exact) mass is 281 g/mol. The molecule has 1 heterocycles. The van der Waals surface area contributed by atoms with Gasteiger partial charge in [0.2, 0.25) is 0 Å². The molecule has 4 heteroatoms. The van der Waals surface area contributed by atoms with Crippen molar-refractivity contribution in [3.05, 3.63) is 45.1 Å². The molecule has 0 amide bonds. The van der Waals surface area contributed by atoms with Crippen molar-refractivity contribution in [2.75, 3.05) is 12.4 Å². The summed E-state index contributed by atoms with van der Waals surface area (Å²) >= 11 is 7.50. The molecule has 0 spiro atoms. The van der Waals surface area contributed by atoms with Gasteiger partial charge in [-0.05, 0) is 54.6 Å². The first-order chi connectivity index (χ1) is 8.60. The summed E-state index contributed by atoms with van der Waals surface area (Å²) in [6.07, 6.45) is 0. The maximum atomic E-state index is 5.95. The van der Waals surface area contributed by atoms with Gasteiger partial charge in [0.1, 0.15) is 5.75 Å². The summed E-state index contributed by atoms with van der Waals surface area (Å²) in [5, 5.41) is 5.54. The van der Waals surface area contributed by atoms with Crippen LogP contribution in [-0.4, -0.2) is 7.11 Å². The smallest absolute Gasteiger partial charge is 0.121 e. The third-order valence-electron chi connectivity index (χ3n) is 2.87. The highest BCUT2D eigenvalue weighted by Gasteiger charge is 2.08. The van der Waals surface area contributed by atoms with Crippen molar-refractivity contribution in [1.82, 2.24) is 0 Å². The van der Waals surface area contributed by atoms with Gasteiger partial charge in [-0.25, -0.2) is 0 Å². The number of halogens is 1. The predicted octanol–water partition coefficient (Wildman–Crippen LogP) is 4.89. The second-order valence-electron chi connectivity index (χ2n) is 4.23. The lowest BCUT2D eigenvalue weighted by atomic mass is 10.1. The Balaban J connectivity index is 2.12. The number of rotatable bonds is 4. The number of ether oxygens (including phenoxy) is 1. The van der Waals surface area contributed by atoms with Gasteiger partial charge in [-0.15, -0.1) is 11.3 Å². The molecule has 1 aromatic heterocycles. The van der Waals surface area contributed by atoms with Gasteiger partial charge in [0.15, 0.2) is 0 Å². The highest BCUT2D eigenvalue weighted by atomic mass is 35.5. The number of methoxy groups -OCH3 is 1. The molecule has 18 heavy (non-hydrogen) atoms. The quantitative estimate of drug-likeness (QED) is 0.861. The van der Waals surface area contributed by atoms with Crippen molar-refractivity contribution >= 4 is 28.6 Å². The van der Waals surface area contributed by atoms with Gasteiger partial charge >= 0.3 is 0 Å². The molecule has 1 N–H and O–H groups in total. The lowest BCUT2D eigenvalue weighted by molar-refractivity contribution is 0.412. The third-order valence-corrected chi connectivity index (χ3v) is 3.98. The Kier molecular flexibility index (Phi) is 4.15. The summed E-state index contributed by atoms with van der Waals surface area (Å²) in [6, 6.07) is 8.33. The maximum Gasteiger partial charge on any atom is 0.121 e. The molecule has 0 saturated carbocycles. The van der Waals surface area contributed by atoms with Crippen molar-refractivity contribution in [2.24, 2.45) is 0 Å². The lowest BCUT2D eigenvalue weighted by Gasteiger charge is -2.15. The summed E-state index contributed by atoms with van der Waals surface area (Å²) in [4.78, 5) is 0. The minimum absolute atomic E-state index is 0.238. The van der Waals surface area contributed by atoms with Gasteiger partial charge in [0, 0.05) is 11.7 Å². The van der Waals surface area contributed by atoms with Crippen molar-refractivity contribution in [3.63, 3.8) is 0 Å². The van der Waals surface area contributed by atoms with Crippen LogP contribution in [0.2, 0.25) is 4.34 Å². The molecule has 2 aromatic rings. The molecule has 0 aliphatic carbocycles. The molecule has 0 fully saturated rings. The normalized spacial score (nSPS) is 12.2. The minimum atomic E-state index is 0.238. The zero-order valence-electron chi connectivity index (χ0n) is 10.7. The topological polar surface area (TPSA) is 21.3 Å². The van der Waals surface area contributed by atoms with E-state index in [4.69, 9.17) is 16.3 Å². The van der Waals surface area contributed by atoms with Gasteiger partial charge in [-0.2, -0.15) is 0 Å². The van der Waals surface area contributed by atoms with Gasteiger partial charge in [0.05, 0.1) is 11.4 Å². The van der Waals surface area contributed by atoms with Crippen LogP contribution in [0.1, 0.15) is 24.1 Å². The van der Waals surface area contributed by atoms with Crippen molar-refractivity contribution in [2.45, 2.75) is 19.9 Å². The van der Waals surface area contributed by atoms with Crippen LogP contribution < -0.4 is 10.1 Å². The average Bonchev–Trinajstić information content (AvgIpc) is 2.76. The van der Waals surface area contributed by atoms with E-state index in [-0.39, 0.29) is 6.04 Å².